The van der Waals surface area contributed by atoms with E-state index in [4.69, 9.17) is 9.37 Å². The van der Waals surface area contributed by atoms with Crippen molar-refractivity contribution in [2.75, 3.05) is 5.32 Å². The highest BCUT2D eigenvalue weighted by Crippen LogP contribution is 2.24. The Kier molecular flexibility index (Phi) is 5.03. The molecule has 0 saturated carbocycles. The smallest absolute Gasteiger partial charge is 0.266 e. The zero-order chi connectivity index (χ0) is 17.6. The lowest BCUT2D eigenvalue weighted by molar-refractivity contribution is -0.122. The number of benzene rings is 2. The van der Waals surface area contributed by atoms with Gasteiger partial charge >= 0.3 is 0 Å². The molecule has 1 N–H and O–H groups in total. The van der Waals surface area contributed by atoms with E-state index in [9.17, 15) is 9.18 Å². The molecule has 25 heavy (non-hydrogen) atoms. The lowest BCUT2D eigenvalue weighted by Crippen LogP contribution is -2.32. The van der Waals surface area contributed by atoms with Crippen LogP contribution in [0, 0.1) is 5.82 Å². The van der Waals surface area contributed by atoms with Crippen molar-refractivity contribution in [1.29, 1.82) is 0 Å². The molecule has 0 aliphatic carbocycles. The van der Waals surface area contributed by atoms with Gasteiger partial charge in [-0.3, -0.25) is 4.79 Å². The van der Waals surface area contributed by atoms with Crippen LogP contribution in [0.5, 0.6) is 5.75 Å². The molecule has 0 aliphatic rings. The number of anilines is 1. The number of halogens is 1. The monoisotopic (exact) mass is 341 g/mol. The van der Waals surface area contributed by atoms with Gasteiger partial charge in [-0.2, -0.15) is 0 Å². The van der Waals surface area contributed by atoms with Crippen molar-refractivity contribution in [1.82, 2.24) is 10.3 Å². The zero-order valence-corrected chi connectivity index (χ0v) is 13.5. The molecule has 0 radical (unpaired) electrons. The van der Waals surface area contributed by atoms with Gasteiger partial charge in [-0.1, -0.05) is 37.3 Å². The highest BCUT2D eigenvalue weighted by molar-refractivity contribution is 5.96. The molecule has 3 rings (SSSR count). The van der Waals surface area contributed by atoms with Crippen molar-refractivity contribution in [3.05, 3.63) is 60.4 Å². The summed E-state index contributed by atoms with van der Waals surface area (Å²) in [5.74, 6) is -0.131. The molecule has 128 valence electrons. The van der Waals surface area contributed by atoms with Crippen LogP contribution in [0.3, 0.4) is 0 Å². The molecule has 1 aromatic heterocycles. The van der Waals surface area contributed by atoms with E-state index in [1.807, 2.05) is 37.3 Å². The van der Waals surface area contributed by atoms with E-state index in [1.54, 1.807) is 0 Å². The van der Waals surface area contributed by atoms with Gasteiger partial charge < -0.3 is 10.1 Å². The second kappa shape index (κ2) is 7.57. The van der Waals surface area contributed by atoms with E-state index in [0.29, 0.717) is 17.9 Å². The Morgan fingerprint density at radius 2 is 1.88 bits per heavy atom. The number of carbonyl (C=O) groups is 1. The van der Waals surface area contributed by atoms with E-state index in [-0.39, 0.29) is 17.5 Å². The molecule has 1 heterocycles. The molecule has 2 aromatic carbocycles. The molecule has 7 heteroatoms. The third-order valence-electron chi connectivity index (χ3n) is 3.53. The standard InChI is InChI=1S/C18H16FN3O3/c1-2-15(24-14-10-8-13(19)9-11-14)18(23)20-17-16(21-25-22-17)12-6-4-3-5-7-12/h3-11,15H,2H2,1H3,(H,20,22,23)/t15-/m1/s1. The number of amides is 1. The fourth-order valence-electron chi connectivity index (χ4n) is 2.25. The van der Waals surface area contributed by atoms with Crippen molar-refractivity contribution in [2.45, 2.75) is 19.4 Å². The van der Waals surface area contributed by atoms with Gasteiger partial charge in [0.05, 0.1) is 0 Å². The molecule has 1 amide bonds. The Hall–Kier alpha value is -3.22. The van der Waals surface area contributed by atoms with Gasteiger partial charge in [0, 0.05) is 5.56 Å². The Morgan fingerprint density at radius 1 is 1.16 bits per heavy atom. The first kappa shape index (κ1) is 16.6. The minimum atomic E-state index is -0.759. The van der Waals surface area contributed by atoms with Crippen LogP contribution in [0.2, 0.25) is 0 Å². The van der Waals surface area contributed by atoms with E-state index in [1.165, 1.54) is 24.3 Å². The van der Waals surface area contributed by atoms with Crippen molar-refractivity contribution in [3.63, 3.8) is 0 Å². The summed E-state index contributed by atoms with van der Waals surface area (Å²) in [6.45, 7) is 1.81. The summed E-state index contributed by atoms with van der Waals surface area (Å²) in [4.78, 5) is 12.5. The van der Waals surface area contributed by atoms with Gasteiger partial charge in [-0.15, -0.1) is 0 Å². The third kappa shape index (κ3) is 4.00. The molecular weight excluding hydrogens is 325 g/mol. The van der Waals surface area contributed by atoms with Gasteiger partial charge in [0.25, 0.3) is 5.91 Å². The molecule has 1 atom stereocenters. The fourth-order valence-corrected chi connectivity index (χ4v) is 2.25. The van der Waals surface area contributed by atoms with Crippen LogP contribution in [0.15, 0.2) is 59.2 Å². The van der Waals surface area contributed by atoms with E-state index in [2.05, 4.69) is 15.6 Å². The minimum Gasteiger partial charge on any atom is -0.481 e. The molecular formula is C18H16FN3O3. The van der Waals surface area contributed by atoms with Gasteiger partial charge in [0.1, 0.15) is 11.6 Å². The SMILES string of the molecule is CC[C@@H](Oc1ccc(F)cc1)C(=O)Nc1nonc1-c1ccccc1. The average Bonchev–Trinajstić information content (AvgIpc) is 3.10. The van der Waals surface area contributed by atoms with Crippen LogP contribution < -0.4 is 10.1 Å². The number of ether oxygens (including phenoxy) is 1. The first-order valence-corrected chi connectivity index (χ1v) is 7.78. The van der Waals surface area contributed by atoms with Gasteiger partial charge in [-0.05, 0) is 41.0 Å². The molecule has 3 aromatic rings. The maximum Gasteiger partial charge on any atom is 0.266 e. The topological polar surface area (TPSA) is 77.2 Å². The summed E-state index contributed by atoms with van der Waals surface area (Å²) in [5.41, 5.74) is 1.21. The number of hydrogen-bond donors (Lipinski definition) is 1. The van der Waals surface area contributed by atoms with Crippen LogP contribution >= 0.6 is 0 Å². The van der Waals surface area contributed by atoms with E-state index in [0.717, 1.165) is 5.56 Å². The minimum absolute atomic E-state index is 0.220. The Morgan fingerprint density at radius 3 is 2.56 bits per heavy atom. The van der Waals surface area contributed by atoms with Crippen molar-refractivity contribution < 1.29 is 18.6 Å². The molecule has 6 nitrogen and oxygen atoms in total. The lowest BCUT2D eigenvalue weighted by atomic mass is 10.1. The molecule has 0 fully saturated rings. The summed E-state index contributed by atoms with van der Waals surface area (Å²) in [6, 6.07) is 14.7. The van der Waals surface area contributed by atoms with Gasteiger partial charge in [0.15, 0.2) is 11.8 Å². The molecule has 0 unspecified atom stereocenters. The number of rotatable bonds is 6. The second-order valence-electron chi connectivity index (χ2n) is 5.29. The Balaban J connectivity index is 1.73. The molecule has 0 saturated heterocycles. The summed E-state index contributed by atoms with van der Waals surface area (Å²) in [6.07, 6.45) is -0.333. The molecule has 0 aliphatic heterocycles. The quantitative estimate of drug-likeness (QED) is 0.740. The fraction of sp³-hybridized carbons (Fsp3) is 0.167. The van der Waals surface area contributed by atoms with Crippen molar-refractivity contribution in [3.8, 4) is 17.0 Å². The number of nitrogens with one attached hydrogen (secondary N) is 1. The highest BCUT2D eigenvalue weighted by atomic mass is 19.1. The normalized spacial score (nSPS) is 11.8. The Labute approximate surface area is 143 Å². The van der Waals surface area contributed by atoms with Crippen molar-refractivity contribution >= 4 is 11.7 Å². The molecule has 0 bridgehead atoms. The van der Waals surface area contributed by atoms with E-state index >= 15 is 0 Å². The number of nitrogens with zero attached hydrogens (tertiary/aromatic N) is 2. The molecule has 0 spiro atoms. The van der Waals surface area contributed by atoms with Gasteiger partial charge in [0.2, 0.25) is 5.82 Å². The average molecular weight is 341 g/mol. The number of aromatic nitrogens is 2. The van der Waals surface area contributed by atoms with Crippen LogP contribution in [0.4, 0.5) is 10.2 Å². The predicted molar refractivity (Wildman–Crippen MR) is 89.5 cm³/mol. The number of hydrogen-bond acceptors (Lipinski definition) is 5. The number of carbonyl (C=O) groups excluding carboxylic acids is 1. The van der Waals surface area contributed by atoms with E-state index < -0.39 is 6.10 Å². The summed E-state index contributed by atoms with van der Waals surface area (Å²) in [5, 5.41) is 10.2. The van der Waals surface area contributed by atoms with Crippen LogP contribution in [0.25, 0.3) is 11.3 Å². The first-order chi connectivity index (χ1) is 12.2. The summed E-state index contributed by atoms with van der Waals surface area (Å²) >= 11 is 0. The summed E-state index contributed by atoms with van der Waals surface area (Å²) < 4.78 is 23.3. The third-order valence-corrected chi connectivity index (χ3v) is 3.53. The predicted octanol–water partition coefficient (Wildman–Crippen LogP) is 3.67. The van der Waals surface area contributed by atoms with Gasteiger partial charge in [-0.25, -0.2) is 9.02 Å². The van der Waals surface area contributed by atoms with Crippen molar-refractivity contribution in [2.24, 2.45) is 0 Å². The maximum absolute atomic E-state index is 13.0. The largest absolute Gasteiger partial charge is 0.481 e. The lowest BCUT2D eigenvalue weighted by Gasteiger charge is -2.16. The zero-order valence-electron chi connectivity index (χ0n) is 13.5. The highest BCUT2D eigenvalue weighted by Gasteiger charge is 2.22. The maximum atomic E-state index is 13.0. The van der Waals surface area contributed by atoms with Crippen LogP contribution in [-0.4, -0.2) is 22.3 Å². The second-order valence-corrected chi connectivity index (χ2v) is 5.29. The van der Waals surface area contributed by atoms with Crippen LogP contribution in [0.1, 0.15) is 13.3 Å². The summed E-state index contributed by atoms with van der Waals surface area (Å²) in [7, 11) is 0. The first-order valence-electron chi connectivity index (χ1n) is 7.78. The van der Waals surface area contributed by atoms with Crippen LogP contribution in [-0.2, 0) is 4.79 Å². The Bertz CT molecular complexity index is 834.